The first kappa shape index (κ1) is 19.6. The first-order valence-corrected chi connectivity index (χ1v) is 9.86. The number of fused-ring (bicyclic) bond motifs is 2. The Kier molecular flexibility index (Phi) is 4.71. The third kappa shape index (κ3) is 3.03. The van der Waals surface area contributed by atoms with Gasteiger partial charge in [0.1, 0.15) is 0 Å². The van der Waals surface area contributed by atoms with Crippen LogP contribution in [0.2, 0.25) is 0 Å². The van der Waals surface area contributed by atoms with Crippen LogP contribution in [0.5, 0.6) is 0 Å². The summed E-state index contributed by atoms with van der Waals surface area (Å²) in [6.45, 7) is 2.90. The number of aliphatic carboxylic acids is 1. The molecular formula is C21H25N3O5. The van der Waals surface area contributed by atoms with Gasteiger partial charge in [-0.3, -0.25) is 19.3 Å². The van der Waals surface area contributed by atoms with Crippen molar-refractivity contribution in [1.29, 1.82) is 0 Å². The molecule has 2 amide bonds. The van der Waals surface area contributed by atoms with Crippen LogP contribution in [-0.4, -0.2) is 70.5 Å². The summed E-state index contributed by atoms with van der Waals surface area (Å²) in [6.07, 6.45) is 2.09. The number of carboxylic acids is 1. The zero-order chi connectivity index (χ0) is 20.9. The Hall–Kier alpha value is -2.71. The number of anilines is 1. The van der Waals surface area contributed by atoms with Gasteiger partial charge in [-0.1, -0.05) is 18.2 Å². The van der Waals surface area contributed by atoms with Crippen molar-refractivity contribution >= 4 is 29.0 Å². The van der Waals surface area contributed by atoms with Gasteiger partial charge in [-0.15, -0.1) is 0 Å². The first-order chi connectivity index (χ1) is 13.8. The van der Waals surface area contributed by atoms with Gasteiger partial charge in [0.25, 0.3) is 5.91 Å². The Bertz CT molecular complexity index is 927. The minimum absolute atomic E-state index is 0.0889. The summed E-state index contributed by atoms with van der Waals surface area (Å²) < 4.78 is 0. The molecule has 154 valence electrons. The van der Waals surface area contributed by atoms with Crippen molar-refractivity contribution in [3.8, 4) is 0 Å². The Morgan fingerprint density at radius 1 is 1.38 bits per heavy atom. The molecule has 3 aliphatic rings. The molecule has 1 aliphatic carbocycles. The van der Waals surface area contributed by atoms with Crippen LogP contribution < -0.4 is 5.32 Å². The lowest BCUT2D eigenvalue weighted by Gasteiger charge is -2.44. The maximum absolute atomic E-state index is 13.1. The van der Waals surface area contributed by atoms with Gasteiger partial charge in [-0.25, -0.2) is 0 Å². The quantitative estimate of drug-likeness (QED) is 0.678. The number of carbonyl (C=O) groups excluding carboxylic acids is 2. The highest BCUT2D eigenvalue weighted by molar-refractivity contribution is 6.08. The lowest BCUT2D eigenvalue weighted by Crippen LogP contribution is -2.52. The predicted octanol–water partition coefficient (Wildman–Crippen LogP) is 0.867. The fourth-order valence-corrected chi connectivity index (χ4v) is 4.79. The minimum Gasteiger partial charge on any atom is -0.481 e. The number of rotatable bonds is 5. The van der Waals surface area contributed by atoms with Crippen LogP contribution in [0, 0.1) is 5.92 Å². The maximum atomic E-state index is 13.1. The summed E-state index contributed by atoms with van der Waals surface area (Å²) in [5.41, 5.74) is 1.37. The minimum atomic E-state index is -1.56. The Labute approximate surface area is 168 Å². The number of nitrogens with zero attached hydrogens (tertiary/aromatic N) is 2. The topological polar surface area (TPSA) is 110 Å². The molecule has 8 heteroatoms. The van der Waals surface area contributed by atoms with Gasteiger partial charge in [0.05, 0.1) is 12.3 Å². The van der Waals surface area contributed by atoms with Gasteiger partial charge in [0.15, 0.2) is 5.60 Å². The highest BCUT2D eigenvalue weighted by Crippen LogP contribution is 2.51. The standard InChI is InChI=1S/C21H25N3O5/c1-3-24(8-7-17(25)26)19(27)12-9-14-13-5-4-6-15-18(13)21(29,20(28)22-15)10-16(14)23(2)11-12/h4-6,9,12,16,29H,3,7-8,10-11H2,1-2H3,(H,22,28)(H,25,26)/t12-,16-,21?/m1/s1. The van der Waals surface area contributed by atoms with Crippen molar-refractivity contribution in [1.82, 2.24) is 9.80 Å². The van der Waals surface area contributed by atoms with Crippen molar-refractivity contribution in [3.05, 3.63) is 35.4 Å². The monoisotopic (exact) mass is 399 g/mol. The highest BCUT2D eigenvalue weighted by Gasteiger charge is 2.53. The molecule has 0 fully saturated rings. The average molecular weight is 399 g/mol. The number of benzene rings is 1. The van der Waals surface area contributed by atoms with Crippen LogP contribution in [0.4, 0.5) is 5.69 Å². The molecule has 0 saturated carbocycles. The van der Waals surface area contributed by atoms with Gasteiger partial charge in [-0.05, 0) is 31.2 Å². The molecule has 2 heterocycles. The Balaban J connectivity index is 1.71. The third-order valence-electron chi connectivity index (χ3n) is 6.26. The molecule has 0 saturated heterocycles. The smallest absolute Gasteiger partial charge is 0.305 e. The number of aliphatic hydroxyl groups is 1. The van der Waals surface area contributed by atoms with E-state index in [-0.39, 0.29) is 31.3 Å². The summed E-state index contributed by atoms with van der Waals surface area (Å²) in [5, 5.41) is 22.8. The van der Waals surface area contributed by atoms with Crippen molar-refractivity contribution in [2.45, 2.75) is 31.4 Å². The zero-order valence-corrected chi connectivity index (χ0v) is 16.5. The maximum Gasteiger partial charge on any atom is 0.305 e. The molecule has 8 nitrogen and oxygen atoms in total. The SMILES string of the molecule is CCN(CCC(=O)O)C(=O)[C@@H]1C=C2c3cccc4c3C(O)(C[C@H]2N(C)C1)C(=O)N4. The lowest BCUT2D eigenvalue weighted by molar-refractivity contribution is -0.140. The number of hydrogen-bond donors (Lipinski definition) is 3. The molecular weight excluding hydrogens is 374 g/mol. The molecule has 2 aliphatic heterocycles. The van der Waals surface area contributed by atoms with E-state index in [1.807, 2.05) is 37.1 Å². The van der Waals surface area contributed by atoms with E-state index in [1.165, 1.54) is 0 Å². The van der Waals surface area contributed by atoms with E-state index in [9.17, 15) is 19.5 Å². The van der Waals surface area contributed by atoms with Gasteiger partial charge >= 0.3 is 5.97 Å². The van der Waals surface area contributed by atoms with Crippen LogP contribution in [0.1, 0.15) is 30.9 Å². The Morgan fingerprint density at radius 3 is 2.83 bits per heavy atom. The number of nitrogens with one attached hydrogen (secondary N) is 1. The first-order valence-electron chi connectivity index (χ1n) is 9.86. The predicted molar refractivity (Wildman–Crippen MR) is 106 cm³/mol. The van der Waals surface area contributed by atoms with E-state index in [0.717, 1.165) is 11.1 Å². The largest absolute Gasteiger partial charge is 0.481 e. The molecule has 29 heavy (non-hydrogen) atoms. The van der Waals surface area contributed by atoms with Crippen LogP contribution in [-0.2, 0) is 20.0 Å². The highest BCUT2D eigenvalue weighted by atomic mass is 16.4. The second-order valence-electron chi connectivity index (χ2n) is 7.99. The van der Waals surface area contributed by atoms with Crippen LogP contribution in [0.25, 0.3) is 5.57 Å². The van der Waals surface area contributed by atoms with E-state index in [4.69, 9.17) is 5.11 Å². The average Bonchev–Trinajstić information content (AvgIpc) is 2.94. The van der Waals surface area contributed by atoms with Crippen LogP contribution in [0.3, 0.4) is 0 Å². The molecule has 4 rings (SSSR count). The number of hydrogen-bond acceptors (Lipinski definition) is 5. The summed E-state index contributed by atoms with van der Waals surface area (Å²) >= 11 is 0. The van der Waals surface area contributed by atoms with Gasteiger partial charge < -0.3 is 20.4 Å². The van der Waals surface area contributed by atoms with Crippen molar-refractivity contribution < 1.29 is 24.6 Å². The molecule has 1 aromatic rings. The third-order valence-corrected chi connectivity index (χ3v) is 6.26. The normalized spacial score (nSPS) is 27.6. The van der Waals surface area contributed by atoms with Gasteiger partial charge in [0, 0.05) is 43.3 Å². The van der Waals surface area contributed by atoms with Crippen LogP contribution in [0.15, 0.2) is 24.3 Å². The number of carbonyl (C=O) groups is 3. The van der Waals surface area contributed by atoms with Crippen molar-refractivity contribution in [2.24, 2.45) is 5.92 Å². The second kappa shape index (κ2) is 6.96. The molecule has 0 bridgehead atoms. The van der Waals surface area contributed by atoms with E-state index in [1.54, 1.807) is 11.0 Å². The fourth-order valence-electron chi connectivity index (χ4n) is 4.79. The Morgan fingerprint density at radius 2 is 2.14 bits per heavy atom. The van der Waals surface area contributed by atoms with Crippen LogP contribution >= 0.6 is 0 Å². The number of carboxylic acid groups (broad SMARTS) is 1. The van der Waals surface area contributed by atoms with E-state index in [2.05, 4.69) is 5.32 Å². The molecule has 0 spiro atoms. The van der Waals surface area contributed by atoms with E-state index in [0.29, 0.717) is 24.3 Å². The summed E-state index contributed by atoms with van der Waals surface area (Å²) in [6, 6.07) is 5.31. The molecule has 0 radical (unpaired) electrons. The summed E-state index contributed by atoms with van der Waals surface area (Å²) in [4.78, 5) is 40.0. The second-order valence-corrected chi connectivity index (χ2v) is 7.99. The van der Waals surface area contributed by atoms with Gasteiger partial charge in [-0.2, -0.15) is 0 Å². The summed E-state index contributed by atoms with van der Waals surface area (Å²) in [7, 11) is 1.89. The zero-order valence-electron chi connectivity index (χ0n) is 16.5. The van der Waals surface area contributed by atoms with Crippen molar-refractivity contribution in [3.63, 3.8) is 0 Å². The lowest BCUT2D eigenvalue weighted by atomic mass is 9.72. The summed E-state index contributed by atoms with van der Waals surface area (Å²) in [5.74, 6) is -1.85. The molecule has 3 N–H and O–H groups in total. The van der Waals surface area contributed by atoms with E-state index < -0.39 is 23.4 Å². The molecule has 1 aromatic carbocycles. The number of likely N-dealkylation sites (N-methyl/N-ethyl adjacent to an activating group) is 1. The van der Waals surface area contributed by atoms with Gasteiger partial charge in [0.2, 0.25) is 5.91 Å². The fraction of sp³-hybridized carbons (Fsp3) is 0.476. The molecule has 0 aromatic heterocycles. The molecule has 3 atom stereocenters. The number of amides is 2. The molecule has 1 unspecified atom stereocenters. The van der Waals surface area contributed by atoms with Crippen molar-refractivity contribution in [2.75, 3.05) is 32.0 Å². The van der Waals surface area contributed by atoms with E-state index >= 15 is 0 Å².